The summed E-state index contributed by atoms with van der Waals surface area (Å²) in [7, 11) is 1.84. The maximum atomic E-state index is 5.48. The minimum Gasteiger partial charge on any atom is -0.379 e. The third-order valence-corrected chi connectivity index (χ3v) is 6.22. The summed E-state index contributed by atoms with van der Waals surface area (Å²) < 4.78 is 1.77. The van der Waals surface area contributed by atoms with Crippen molar-refractivity contribution in [3.63, 3.8) is 0 Å². The van der Waals surface area contributed by atoms with Crippen LogP contribution in [-0.2, 0) is 0 Å². The molecular weight excluding hydrogens is 444 g/mol. The summed E-state index contributed by atoms with van der Waals surface area (Å²) in [6.07, 6.45) is 7.11. The van der Waals surface area contributed by atoms with Crippen molar-refractivity contribution in [3.8, 4) is 11.3 Å². The number of para-hydroxylation sites is 1. The third kappa shape index (κ3) is 4.17. The zero-order valence-electron chi connectivity index (χ0n) is 19.1. The van der Waals surface area contributed by atoms with Crippen LogP contribution in [0, 0.1) is 6.92 Å². The second-order valence-corrected chi connectivity index (χ2v) is 8.59. The molecule has 9 heteroatoms. The van der Waals surface area contributed by atoms with Gasteiger partial charge in [0.1, 0.15) is 17.1 Å². The van der Waals surface area contributed by atoms with Gasteiger partial charge in [0.2, 0.25) is 0 Å². The fourth-order valence-electron chi connectivity index (χ4n) is 4.04. The van der Waals surface area contributed by atoms with Gasteiger partial charge >= 0.3 is 0 Å². The first-order valence-corrected chi connectivity index (χ1v) is 11.4. The average molecular weight is 469 g/mol. The van der Waals surface area contributed by atoms with Crippen LogP contribution in [0.2, 0.25) is 0 Å². The summed E-state index contributed by atoms with van der Waals surface area (Å²) in [5.41, 5.74) is 6.50. The van der Waals surface area contributed by atoms with E-state index < -0.39 is 0 Å². The first-order chi connectivity index (χ1) is 16.5. The molecule has 0 saturated heterocycles. The number of thiocarbonyl (C=S) groups is 1. The van der Waals surface area contributed by atoms with Crippen LogP contribution < -0.4 is 10.6 Å². The van der Waals surface area contributed by atoms with Crippen molar-refractivity contribution < 1.29 is 0 Å². The molecule has 34 heavy (non-hydrogen) atoms. The monoisotopic (exact) mass is 468 g/mol. The lowest BCUT2D eigenvalue weighted by atomic mass is 9.96. The topological polar surface area (TPSA) is 92.9 Å². The molecule has 0 radical (unpaired) electrons. The lowest BCUT2D eigenvalue weighted by Crippen LogP contribution is -2.17. The number of hydrogen-bond acceptors (Lipinski definition) is 7. The number of aryl methyl sites for hydroxylation is 1. The Morgan fingerprint density at radius 2 is 2.00 bits per heavy atom. The van der Waals surface area contributed by atoms with Gasteiger partial charge in [-0.3, -0.25) is 4.98 Å². The van der Waals surface area contributed by atoms with Gasteiger partial charge in [-0.2, -0.15) is 5.10 Å². The van der Waals surface area contributed by atoms with Crippen LogP contribution >= 0.6 is 12.2 Å². The van der Waals surface area contributed by atoms with Crippen LogP contribution in [0.4, 0.5) is 5.82 Å². The number of fused-ring (bicyclic) bond motifs is 2. The van der Waals surface area contributed by atoms with Crippen molar-refractivity contribution >= 4 is 39.6 Å². The Bertz CT molecular complexity index is 1510. The number of nitrogens with zero attached hydrogens (tertiary/aromatic N) is 6. The van der Waals surface area contributed by atoms with Crippen molar-refractivity contribution in [2.45, 2.75) is 19.8 Å². The molecule has 1 atom stereocenters. The van der Waals surface area contributed by atoms with Gasteiger partial charge in [-0.05, 0) is 18.6 Å². The van der Waals surface area contributed by atoms with Crippen LogP contribution in [0.5, 0.6) is 0 Å². The maximum Gasteiger partial charge on any atom is 0.155 e. The minimum atomic E-state index is 0.193. The fourth-order valence-corrected chi connectivity index (χ4v) is 4.21. The Hall–Kier alpha value is -3.98. The summed E-state index contributed by atoms with van der Waals surface area (Å²) >= 11 is 5.48. The van der Waals surface area contributed by atoms with E-state index in [2.05, 4.69) is 60.8 Å². The van der Waals surface area contributed by atoms with E-state index in [-0.39, 0.29) is 5.92 Å². The van der Waals surface area contributed by atoms with Crippen LogP contribution in [0.3, 0.4) is 0 Å². The summed E-state index contributed by atoms with van der Waals surface area (Å²) in [6, 6.07) is 12.1. The van der Waals surface area contributed by atoms with Crippen molar-refractivity contribution in [1.29, 1.82) is 0 Å². The van der Waals surface area contributed by atoms with Gasteiger partial charge in [0, 0.05) is 66.7 Å². The number of hydrogen-bond donors (Lipinski definition) is 2. The Morgan fingerprint density at radius 3 is 2.85 bits per heavy atom. The van der Waals surface area contributed by atoms with E-state index in [4.69, 9.17) is 12.2 Å². The number of pyridine rings is 1. The highest BCUT2D eigenvalue weighted by molar-refractivity contribution is 7.80. The number of nitrogens with one attached hydrogen (secondary N) is 2. The Morgan fingerprint density at radius 1 is 1.12 bits per heavy atom. The van der Waals surface area contributed by atoms with Crippen molar-refractivity contribution in [1.82, 2.24) is 34.9 Å². The number of aromatic nitrogens is 6. The summed E-state index contributed by atoms with van der Waals surface area (Å²) in [5.74, 6) is 0.942. The summed E-state index contributed by atoms with van der Waals surface area (Å²) in [6.45, 7) is 4.81. The van der Waals surface area contributed by atoms with Crippen molar-refractivity contribution in [2.75, 3.05) is 18.9 Å². The molecule has 0 aliphatic rings. The second-order valence-electron chi connectivity index (χ2n) is 8.18. The molecule has 1 aromatic carbocycles. The zero-order valence-corrected chi connectivity index (χ0v) is 20.0. The second kappa shape index (κ2) is 9.11. The molecule has 0 aliphatic carbocycles. The summed E-state index contributed by atoms with van der Waals surface area (Å²) in [5, 5.41) is 12.0. The van der Waals surface area contributed by atoms with E-state index >= 15 is 0 Å². The quantitative estimate of drug-likeness (QED) is 0.359. The Labute approximate surface area is 202 Å². The average Bonchev–Trinajstić information content (AvgIpc) is 3.25. The number of benzene rings is 1. The molecule has 2 N–H and O–H groups in total. The molecule has 4 aromatic heterocycles. The minimum absolute atomic E-state index is 0.193. The molecule has 170 valence electrons. The SMILES string of the molecule is CNC(=S)c1ccnc2c(C(C)CNc3cc(-c4cnc5cc(C)nn5c4)ncn3)cccc12. The number of rotatable bonds is 6. The molecule has 0 aliphatic heterocycles. The van der Waals surface area contributed by atoms with Crippen LogP contribution in [0.25, 0.3) is 27.8 Å². The summed E-state index contributed by atoms with van der Waals surface area (Å²) in [4.78, 5) is 18.7. The zero-order chi connectivity index (χ0) is 23.7. The molecule has 0 saturated carbocycles. The maximum absolute atomic E-state index is 5.48. The highest BCUT2D eigenvalue weighted by Crippen LogP contribution is 2.27. The molecule has 0 amide bonds. The standard InChI is InChI=1S/C25H24N8S/c1-15(18-5-4-6-19-20(25(34)26-3)7-8-27-24(18)19)11-28-22-10-21(30-14-31-22)17-12-29-23-9-16(2)32-33(23)13-17/h4-10,12-15H,11H2,1-3H3,(H,26,34)(H,28,30,31). The van der Waals surface area contributed by atoms with Crippen LogP contribution in [0.1, 0.15) is 29.7 Å². The molecule has 8 nitrogen and oxygen atoms in total. The van der Waals surface area contributed by atoms with E-state index in [1.807, 2.05) is 44.6 Å². The van der Waals surface area contributed by atoms with Gasteiger partial charge in [-0.1, -0.05) is 37.3 Å². The van der Waals surface area contributed by atoms with Crippen molar-refractivity contribution in [2.24, 2.45) is 0 Å². The van der Waals surface area contributed by atoms with Gasteiger partial charge in [-0.25, -0.2) is 19.5 Å². The third-order valence-electron chi connectivity index (χ3n) is 5.79. The van der Waals surface area contributed by atoms with Crippen LogP contribution in [-0.4, -0.2) is 48.1 Å². The largest absolute Gasteiger partial charge is 0.379 e. The molecule has 1 unspecified atom stereocenters. The lowest BCUT2D eigenvalue weighted by molar-refractivity contribution is 0.805. The highest BCUT2D eigenvalue weighted by Gasteiger charge is 2.14. The Kier molecular flexibility index (Phi) is 5.85. The van der Waals surface area contributed by atoms with E-state index in [0.29, 0.717) is 11.5 Å². The first-order valence-electron chi connectivity index (χ1n) is 11.0. The van der Waals surface area contributed by atoms with Crippen molar-refractivity contribution in [3.05, 3.63) is 78.1 Å². The van der Waals surface area contributed by atoms with E-state index in [0.717, 1.165) is 50.4 Å². The molecular formula is C25H24N8S. The van der Waals surface area contributed by atoms with Gasteiger partial charge in [0.15, 0.2) is 5.65 Å². The predicted molar refractivity (Wildman–Crippen MR) is 138 cm³/mol. The van der Waals surface area contributed by atoms with Gasteiger partial charge in [-0.15, -0.1) is 0 Å². The van der Waals surface area contributed by atoms with Gasteiger partial charge < -0.3 is 10.6 Å². The van der Waals surface area contributed by atoms with E-state index in [1.165, 1.54) is 0 Å². The highest BCUT2D eigenvalue weighted by atomic mass is 32.1. The number of anilines is 1. The molecule has 0 fully saturated rings. The predicted octanol–water partition coefficient (Wildman–Crippen LogP) is 4.15. The van der Waals surface area contributed by atoms with Gasteiger partial charge in [0.05, 0.1) is 16.9 Å². The first kappa shape index (κ1) is 21.8. The Balaban J connectivity index is 1.37. The smallest absolute Gasteiger partial charge is 0.155 e. The normalized spacial score (nSPS) is 12.1. The fraction of sp³-hybridized carbons (Fsp3) is 0.200. The van der Waals surface area contributed by atoms with E-state index in [1.54, 1.807) is 17.0 Å². The van der Waals surface area contributed by atoms with Gasteiger partial charge in [0.25, 0.3) is 0 Å². The molecule has 5 aromatic rings. The lowest BCUT2D eigenvalue weighted by Gasteiger charge is -2.17. The molecule has 0 spiro atoms. The van der Waals surface area contributed by atoms with Crippen LogP contribution in [0.15, 0.2) is 61.3 Å². The van der Waals surface area contributed by atoms with E-state index in [9.17, 15) is 0 Å². The molecule has 5 rings (SSSR count). The molecule has 4 heterocycles. The molecule has 0 bridgehead atoms.